The van der Waals surface area contributed by atoms with Crippen molar-refractivity contribution in [2.45, 2.75) is 32.4 Å². The molecule has 1 heterocycles. The minimum atomic E-state index is -0.443. The zero-order chi connectivity index (χ0) is 13.7. The summed E-state index contributed by atoms with van der Waals surface area (Å²) in [7, 11) is 0. The molecule has 1 aromatic carbocycles. The number of aliphatic hydroxyl groups excluding tert-OH is 1. The fourth-order valence-corrected chi connectivity index (χ4v) is 2.64. The van der Waals surface area contributed by atoms with E-state index in [0.29, 0.717) is 12.5 Å². The zero-order valence-corrected chi connectivity index (χ0v) is 12.3. The largest absolute Gasteiger partial charge is 0.387 e. The molecule has 0 aliphatic carbocycles. The quantitative estimate of drug-likeness (QED) is 0.842. The van der Waals surface area contributed by atoms with E-state index in [9.17, 15) is 5.11 Å². The van der Waals surface area contributed by atoms with Crippen LogP contribution in [0.25, 0.3) is 0 Å². The first-order chi connectivity index (χ1) is 9.16. The maximum atomic E-state index is 10.1. The van der Waals surface area contributed by atoms with Crippen molar-refractivity contribution in [3.05, 3.63) is 57.8 Å². The lowest BCUT2D eigenvalue weighted by atomic mass is 10.00. The highest BCUT2D eigenvalue weighted by molar-refractivity contribution is 7.09. The summed E-state index contributed by atoms with van der Waals surface area (Å²) >= 11 is 1.73. The molecule has 0 bridgehead atoms. The minimum absolute atomic E-state index is 0.443. The third-order valence-electron chi connectivity index (χ3n) is 3.20. The van der Waals surface area contributed by atoms with Crippen LogP contribution in [0.5, 0.6) is 0 Å². The molecule has 1 atom stereocenters. The molecule has 1 unspecified atom stereocenters. The highest BCUT2D eigenvalue weighted by Crippen LogP contribution is 2.18. The fourth-order valence-electron chi connectivity index (χ4n) is 1.97. The van der Waals surface area contributed by atoms with Crippen LogP contribution in [0, 0.1) is 0 Å². The molecule has 2 rings (SSSR count). The Balaban J connectivity index is 1.83. The maximum Gasteiger partial charge on any atom is 0.0914 e. The molecule has 0 aliphatic heterocycles. The van der Waals surface area contributed by atoms with E-state index < -0.39 is 6.10 Å². The Morgan fingerprint density at radius 1 is 1.11 bits per heavy atom. The topological polar surface area (TPSA) is 32.3 Å². The fraction of sp³-hybridized carbons (Fsp3) is 0.375. The first kappa shape index (κ1) is 14.3. The second-order valence-electron chi connectivity index (χ2n) is 5.05. The van der Waals surface area contributed by atoms with Crippen LogP contribution in [0.3, 0.4) is 0 Å². The van der Waals surface area contributed by atoms with Gasteiger partial charge in [0.25, 0.3) is 0 Å². The molecule has 0 saturated carbocycles. The van der Waals surface area contributed by atoms with Gasteiger partial charge in [-0.15, -0.1) is 11.3 Å². The van der Waals surface area contributed by atoms with Crippen molar-refractivity contribution in [1.29, 1.82) is 0 Å². The number of hydrogen-bond acceptors (Lipinski definition) is 3. The lowest BCUT2D eigenvalue weighted by Gasteiger charge is -2.13. The van der Waals surface area contributed by atoms with Crippen molar-refractivity contribution < 1.29 is 5.11 Å². The van der Waals surface area contributed by atoms with Crippen molar-refractivity contribution in [2.75, 3.05) is 6.54 Å². The molecule has 0 amide bonds. The molecular formula is C16H21NOS. The molecule has 102 valence electrons. The van der Waals surface area contributed by atoms with Gasteiger partial charge in [-0.05, 0) is 28.5 Å². The lowest BCUT2D eigenvalue weighted by Crippen LogP contribution is -2.20. The summed E-state index contributed by atoms with van der Waals surface area (Å²) in [6.07, 6.45) is -0.443. The molecule has 0 saturated heterocycles. The molecule has 2 N–H and O–H groups in total. The number of thiophene rings is 1. The second kappa shape index (κ2) is 6.85. The first-order valence-electron chi connectivity index (χ1n) is 6.68. The third kappa shape index (κ3) is 4.16. The van der Waals surface area contributed by atoms with E-state index in [-0.39, 0.29) is 0 Å². The van der Waals surface area contributed by atoms with Crippen LogP contribution in [0.1, 0.15) is 41.9 Å². The van der Waals surface area contributed by atoms with E-state index >= 15 is 0 Å². The predicted molar refractivity (Wildman–Crippen MR) is 81.5 cm³/mol. The van der Waals surface area contributed by atoms with Gasteiger partial charge < -0.3 is 10.4 Å². The van der Waals surface area contributed by atoms with Gasteiger partial charge in [0.1, 0.15) is 0 Å². The second-order valence-corrected chi connectivity index (χ2v) is 6.08. The zero-order valence-electron chi connectivity index (χ0n) is 11.5. The van der Waals surface area contributed by atoms with Gasteiger partial charge in [-0.3, -0.25) is 0 Å². The van der Waals surface area contributed by atoms with Crippen molar-refractivity contribution in [3.63, 3.8) is 0 Å². The average Bonchev–Trinajstić information content (AvgIpc) is 2.92. The SMILES string of the molecule is CC(C)c1ccc(C(O)CNCc2cccs2)cc1. The molecule has 1 aromatic heterocycles. The van der Waals surface area contributed by atoms with Crippen LogP contribution in [0.4, 0.5) is 0 Å². The highest BCUT2D eigenvalue weighted by Gasteiger charge is 2.07. The summed E-state index contributed by atoms with van der Waals surface area (Å²) in [5.41, 5.74) is 2.28. The molecule has 0 radical (unpaired) electrons. The minimum Gasteiger partial charge on any atom is -0.387 e. The van der Waals surface area contributed by atoms with E-state index in [1.54, 1.807) is 11.3 Å². The third-order valence-corrected chi connectivity index (χ3v) is 4.08. The van der Waals surface area contributed by atoms with E-state index in [4.69, 9.17) is 0 Å². The van der Waals surface area contributed by atoms with Crippen LogP contribution in [0.2, 0.25) is 0 Å². The van der Waals surface area contributed by atoms with E-state index in [1.807, 2.05) is 18.2 Å². The average molecular weight is 275 g/mol. The van der Waals surface area contributed by atoms with Gasteiger partial charge in [-0.2, -0.15) is 0 Å². The monoisotopic (exact) mass is 275 g/mol. The van der Waals surface area contributed by atoms with Crippen LogP contribution < -0.4 is 5.32 Å². The van der Waals surface area contributed by atoms with Crippen LogP contribution in [0.15, 0.2) is 41.8 Å². The maximum absolute atomic E-state index is 10.1. The number of rotatable bonds is 6. The Morgan fingerprint density at radius 3 is 2.37 bits per heavy atom. The van der Waals surface area contributed by atoms with Crippen molar-refractivity contribution in [2.24, 2.45) is 0 Å². The van der Waals surface area contributed by atoms with Gasteiger partial charge in [0.15, 0.2) is 0 Å². The van der Waals surface area contributed by atoms with E-state index in [1.165, 1.54) is 10.4 Å². The lowest BCUT2D eigenvalue weighted by molar-refractivity contribution is 0.174. The highest BCUT2D eigenvalue weighted by atomic mass is 32.1. The van der Waals surface area contributed by atoms with Crippen molar-refractivity contribution in [3.8, 4) is 0 Å². The summed E-state index contributed by atoms with van der Waals surface area (Å²) in [5.74, 6) is 0.531. The van der Waals surface area contributed by atoms with Gasteiger partial charge in [-0.1, -0.05) is 44.2 Å². The Bertz CT molecular complexity index is 476. The Morgan fingerprint density at radius 2 is 1.79 bits per heavy atom. The molecule has 0 aliphatic rings. The molecule has 2 nitrogen and oxygen atoms in total. The normalized spacial score (nSPS) is 12.8. The number of nitrogens with one attached hydrogen (secondary N) is 1. The Kier molecular flexibility index (Phi) is 5.14. The first-order valence-corrected chi connectivity index (χ1v) is 7.56. The van der Waals surface area contributed by atoms with E-state index in [0.717, 1.165) is 12.1 Å². The van der Waals surface area contributed by atoms with Crippen molar-refractivity contribution in [1.82, 2.24) is 5.32 Å². The molecule has 3 heteroatoms. The summed E-state index contributed by atoms with van der Waals surface area (Å²) in [6, 6.07) is 12.4. The Labute approximate surface area is 119 Å². The summed E-state index contributed by atoms with van der Waals surface area (Å²) in [4.78, 5) is 1.29. The number of aliphatic hydroxyl groups is 1. The smallest absolute Gasteiger partial charge is 0.0914 e. The standard InChI is InChI=1S/C16H21NOS/c1-12(2)13-5-7-14(8-6-13)16(18)11-17-10-15-4-3-9-19-15/h3-9,12,16-18H,10-11H2,1-2H3. The van der Waals surface area contributed by atoms with Gasteiger partial charge in [0.2, 0.25) is 0 Å². The summed E-state index contributed by atoms with van der Waals surface area (Å²) < 4.78 is 0. The summed E-state index contributed by atoms with van der Waals surface area (Å²) in [5, 5.41) is 15.5. The predicted octanol–water partition coefficient (Wildman–Crippen LogP) is 3.69. The van der Waals surface area contributed by atoms with Gasteiger partial charge in [-0.25, -0.2) is 0 Å². The summed E-state index contributed by atoms with van der Waals surface area (Å²) in [6.45, 7) is 5.75. The number of hydrogen-bond donors (Lipinski definition) is 2. The van der Waals surface area contributed by atoms with Crippen LogP contribution in [-0.2, 0) is 6.54 Å². The van der Waals surface area contributed by atoms with Crippen LogP contribution >= 0.6 is 11.3 Å². The number of benzene rings is 1. The molecular weight excluding hydrogens is 254 g/mol. The van der Waals surface area contributed by atoms with Gasteiger partial charge >= 0.3 is 0 Å². The molecule has 0 fully saturated rings. The van der Waals surface area contributed by atoms with Gasteiger partial charge in [0, 0.05) is 18.0 Å². The van der Waals surface area contributed by atoms with Gasteiger partial charge in [0.05, 0.1) is 6.10 Å². The molecule has 19 heavy (non-hydrogen) atoms. The van der Waals surface area contributed by atoms with Crippen LogP contribution in [-0.4, -0.2) is 11.7 Å². The van der Waals surface area contributed by atoms with E-state index in [2.05, 4.69) is 42.7 Å². The van der Waals surface area contributed by atoms with Crippen molar-refractivity contribution >= 4 is 11.3 Å². The molecule has 2 aromatic rings. The Hall–Kier alpha value is -1.16. The molecule has 0 spiro atoms.